The first-order valence-corrected chi connectivity index (χ1v) is 7.55. The van der Waals surface area contributed by atoms with Gasteiger partial charge in [-0.15, -0.1) is 11.6 Å². The Morgan fingerprint density at radius 1 is 1.24 bits per heavy atom. The van der Waals surface area contributed by atoms with Crippen LogP contribution in [-0.4, -0.2) is 26.9 Å². The number of carbonyl (C=O) groups excluding carboxylic acids is 1. The molecule has 0 saturated heterocycles. The zero-order chi connectivity index (χ0) is 16.0. The monoisotopic (exact) mass is 391 g/mol. The first kappa shape index (κ1) is 18.5. The van der Waals surface area contributed by atoms with E-state index in [0.29, 0.717) is 5.69 Å². The average Bonchev–Trinajstić information content (AvgIpc) is 2.39. The van der Waals surface area contributed by atoms with E-state index in [1.54, 1.807) is 0 Å². The van der Waals surface area contributed by atoms with Crippen LogP contribution in [0.25, 0.3) is 0 Å². The van der Waals surface area contributed by atoms with Crippen LogP contribution in [0.3, 0.4) is 0 Å². The van der Waals surface area contributed by atoms with Crippen molar-refractivity contribution < 1.29 is 9.18 Å². The van der Waals surface area contributed by atoms with Gasteiger partial charge in [-0.3, -0.25) is 4.79 Å². The van der Waals surface area contributed by atoms with Gasteiger partial charge in [-0.25, -0.2) is 4.39 Å². The molecule has 0 aliphatic heterocycles. The maximum atomic E-state index is 12.8. The van der Waals surface area contributed by atoms with Crippen molar-refractivity contribution in [1.29, 1.82) is 0 Å². The predicted octanol–water partition coefficient (Wildman–Crippen LogP) is 3.16. The maximum Gasteiger partial charge on any atom is 0.236 e. The van der Waals surface area contributed by atoms with Crippen molar-refractivity contribution in [2.75, 3.05) is 11.2 Å². The van der Waals surface area contributed by atoms with Crippen LogP contribution < -0.4 is 16.0 Å². The van der Waals surface area contributed by atoms with Gasteiger partial charge in [-0.1, -0.05) is 34.8 Å². The molecule has 0 bridgehead atoms. The van der Waals surface area contributed by atoms with E-state index in [1.165, 1.54) is 24.3 Å². The van der Waals surface area contributed by atoms with Gasteiger partial charge in [-0.2, -0.15) is 0 Å². The standard InChI is InChI=1S/C11H10Cl4FN3OS/c12-5-8(20)18-9(11(13,14)15)19-10(21)17-7-3-1-6(16)2-4-7/h1-4,9H,5H2,(H,18,20)(H2,17,19,21)/t9-/m0/s1. The third-order valence-electron chi connectivity index (χ3n) is 2.13. The molecule has 116 valence electrons. The normalized spacial score (nSPS) is 12.4. The summed E-state index contributed by atoms with van der Waals surface area (Å²) in [5.74, 6) is -1.21. The minimum atomic E-state index is -1.85. The fraction of sp³-hybridized carbons (Fsp3) is 0.273. The van der Waals surface area contributed by atoms with Crippen LogP contribution in [0.5, 0.6) is 0 Å². The molecule has 4 nitrogen and oxygen atoms in total. The number of hydrogen-bond donors (Lipinski definition) is 3. The molecule has 10 heteroatoms. The van der Waals surface area contributed by atoms with Crippen LogP contribution in [0, 0.1) is 5.82 Å². The Labute approximate surface area is 146 Å². The molecule has 0 spiro atoms. The lowest BCUT2D eigenvalue weighted by Crippen LogP contribution is -2.56. The van der Waals surface area contributed by atoms with Crippen molar-refractivity contribution in [2.24, 2.45) is 0 Å². The highest BCUT2D eigenvalue weighted by atomic mass is 35.6. The molecule has 0 aromatic heterocycles. The number of halogens is 5. The molecule has 0 heterocycles. The summed E-state index contributed by atoms with van der Waals surface area (Å²) < 4.78 is 10.9. The van der Waals surface area contributed by atoms with Crippen LogP contribution in [0.15, 0.2) is 24.3 Å². The number of alkyl halides is 4. The van der Waals surface area contributed by atoms with E-state index in [9.17, 15) is 9.18 Å². The molecule has 0 unspecified atom stereocenters. The number of anilines is 1. The molecule has 0 aliphatic rings. The van der Waals surface area contributed by atoms with Crippen LogP contribution in [0.4, 0.5) is 10.1 Å². The van der Waals surface area contributed by atoms with Crippen LogP contribution >= 0.6 is 58.6 Å². The summed E-state index contributed by atoms with van der Waals surface area (Å²) in [4.78, 5) is 11.3. The van der Waals surface area contributed by atoms with Gasteiger partial charge in [0.05, 0.1) is 0 Å². The van der Waals surface area contributed by atoms with Gasteiger partial charge in [0.25, 0.3) is 0 Å². The summed E-state index contributed by atoms with van der Waals surface area (Å²) in [7, 11) is 0. The van der Waals surface area contributed by atoms with E-state index in [2.05, 4.69) is 16.0 Å². The molecule has 0 saturated carbocycles. The second-order valence-corrected chi connectivity index (χ2v) is 6.83. The van der Waals surface area contributed by atoms with Crippen LogP contribution in [0.2, 0.25) is 0 Å². The highest BCUT2D eigenvalue weighted by Crippen LogP contribution is 2.29. The zero-order valence-corrected chi connectivity index (χ0v) is 14.1. The lowest BCUT2D eigenvalue weighted by atomic mass is 10.3. The van der Waals surface area contributed by atoms with Crippen molar-refractivity contribution >= 4 is 75.3 Å². The predicted molar refractivity (Wildman–Crippen MR) is 88.7 cm³/mol. The number of hydrogen-bond acceptors (Lipinski definition) is 2. The molecule has 1 aromatic rings. The van der Waals surface area contributed by atoms with Crippen LogP contribution in [-0.2, 0) is 4.79 Å². The Morgan fingerprint density at radius 3 is 2.29 bits per heavy atom. The Bertz CT molecular complexity index is 509. The molecule has 0 aliphatic carbocycles. The van der Waals surface area contributed by atoms with E-state index in [4.69, 9.17) is 58.6 Å². The summed E-state index contributed by atoms with van der Waals surface area (Å²) >= 11 is 27.6. The van der Waals surface area contributed by atoms with Crippen molar-refractivity contribution in [3.63, 3.8) is 0 Å². The number of amides is 1. The summed E-state index contributed by atoms with van der Waals surface area (Å²) in [6.07, 6.45) is -1.09. The van der Waals surface area contributed by atoms with Crippen molar-refractivity contribution in [1.82, 2.24) is 10.6 Å². The number of rotatable bonds is 4. The number of nitrogens with one attached hydrogen (secondary N) is 3. The van der Waals surface area contributed by atoms with Crippen molar-refractivity contribution in [3.05, 3.63) is 30.1 Å². The zero-order valence-electron chi connectivity index (χ0n) is 10.3. The smallest absolute Gasteiger partial charge is 0.236 e. The Hall–Kier alpha value is -0.530. The average molecular weight is 393 g/mol. The van der Waals surface area contributed by atoms with Gasteiger partial charge < -0.3 is 16.0 Å². The second-order valence-electron chi connectivity index (χ2n) is 3.78. The van der Waals surface area contributed by atoms with Gasteiger partial charge in [0.15, 0.2) is 5.11 Å². The highest BCUT2D eigenvalue weighted by molar-refractivity contribution is 7.80. The lowest BCUT2D eigenvalue weighted by molar-refractivity contribution is -0.119. The lowest BCUT2D eigenvalue weighted by Gasteiger charge is -2.27. The quantitative estimate of drug-likeness (QED) is 0.418. The number of benzene rings is 1. The fourth-order valence-corrected chi connectivity index (χ4v) is 1.87. The van der Waals surface area contributed by atoms with E-state index in [0.717, 1.165) is 0 Å². The minimum Gasteiger partial charge on any atom is -0.339 e. The summed E-state index contributed by atoms with van der Waals surface area (Å²) in [5, 5.41) is 7.83. The molecule has 1 aromatic carbocycles. The minimum absolute atomic E-state index is 0.0767. The number of thiocarbonyl (C=S) groups is 1. The summed E-state index contributed by atoms with van der Waals surface area (Å²) in [5.41, 5.74) is 0.528. The van der Waals surface area contributed by atoms with Gasteiger partial charge in [0, 0.05) is 5.69 Å². The SMILES string of the molecule is O=C(CCl)N[C@@H](NC(=S)Nc1ccc(F)cc1)C(Cl)(Cl)Cl. The number of carbonyl (C=O) groups is 1. The Balaban J connectivity index is 2.67. The molecule has 3 N–H and O–H groups in total. The van der Waals surface area contributed by atoms with Crippen molar-refractivity contribution in [2.45, 2.75) is 9.96 Å². The third kappa shape index (κ3) is 6.84. The van der Waals surface area contributed by atoms with Crippen LogP contribution in [0.1, 0.15) is 0 Å². The van der Waals surface area contributed by atoms with E-state index in [-0.39, 0.29) is 16.8 Å². The topological polar surface area (TPSA) is 53.2 Å². The molecule has 1 atom stereocenters. The Morgan fingerprint density at radius 2 is 1.81 bits per heavy atom. The maximum absolute atomic E-state index is 12.8. The van der Waals surface area contributed by atoms with Gasteiger partial charge in [0.1, 0.15) is 17.9 Å². The van der Waals surface area contributed by atoms with Gasteiger partial charge in [0.2, 0.25) is 9.70 Å². The van der Waals surface area contributed by atoms with E-state index in [1.807, 2.05) is 0 Å². The molecular weight excluding hydrogens is 383 g/mol. The van der Waals surface area contributed by atoms with E-state index >= 15 is 0 Å². The van der Waals surface area contributed by atoms with Crippen molar-refractivity contribution in [3.8, 4) is 0 Å². The first-order chi connectivity index (χ1) is 9.72. The van der Waals surface area contributed by atoms with E-state index < -0.39 is 15.9 Å². The van der Waals surface area contributed by atoms with Gasteiger partial charge in [-0.05, 0) is 36.5 Å². The Kier molecular flexibility index (Phi) is 7.23. The molecule has 1 amide bonds. The van der Waals surface area contributed by atoms with Gasteiger partial charge >= 0.3 is 0 Å². The largest absolute Gasteiger partial charge is 0.339 e. The molecule has 21 heavy (non-hydrogen) atoms. The summed E-state index contributed by atoms with van der Waals surface area (Å²) in [6.45, 7) is 0. The highest BCUT2D eigenvalue weighted by Gasteiger charge is 2.34. The third-order valence-corrected chi connectivity index (χ3v) is 3.25. The fourth-order valence-electron chi connectivity index (χ4n) is 1.23. The first-order valence-electron chi connectivity index (χ1n) is 5.47. The second kappa shape index (κ2) is 8.19. The molecular formula is C11H10Cl4FN3OS. The summed E-state index contributed by atoms with van der Waals surface area (Å²) in [6, 6.07) is 5.47. The molecule has 1 rings (SSSR count). The molecule has 0 fully saturated rings. The molecule has 0 radical (unpaired) electrons.